The zero-order valence-electron chi connectivity index (χ0n) is 22.4. The first-order valence-electron chi connectivity index (χ1n) is 13.3. The second-order valence-electron chi connectivity index (χ2n) is 11.1. The number of benzene rings is 3. The lowest BCUT2D eigenvalue weighted by atomic mass is 9.64. The number of ether oxygens (including phenoxy) is 1. The molecule has 1 aliphatic rings. The third-order valence-electron chi connectivity index (χ3n) is 8.21. The Morgan fingerprint density at radius 2 is 1.38 bits per heavy atom. The van der Waals surface area contributed by atoms with Gasteiger partial charge in [-0.3, -0.25) is 4.79 Å². The van der Waals surface area contributed by atoms with E-state index in [1.807, 2.05) is 73.7 Å². The Kier molecular flexibility index (Phi) is 8.12. The molecule has 1 fully saturated rings. The van der Waals surface area contributed by atoms with Crippen LogP contribution < -0.4 is 0 Å². The van der Waals surface area contributed by atoms with Crippen molar-refractivity contribution in [3.05, 3.63) is 114 Å². The second kappa shape index (κ2) is 11.3. The van der Waals surface area contributed by atoms with Crippen molar-refractivity contribution in [2.24, 2.45) is 11.8 Å². The molecule has 0 amide bonds. The van der Waals surface area contributed by atoms with E-state index in [1.165, 1.54) is 5.56 Å². The maximum absolute atomic E-state index is 14.1. The van der Waals surface area contributed by atoms with E-state index in [4.69, 9.17) is 4.74 Å². The predicted molar refractivity (Wildman–Crippen MR) is 150 cm³/mol. The molecule has 0 heterocycles. The van der Waals surface area contributed by atoms with E-state index in [0.29, 0.717) is 11.5 Å². The highest BCUT2D eigenvalue weighted by Gasteiger charge is 2.46. The van der Waals surface area contributed by atoms with Crippen molar-refractivity contribution in [3.8, 4) is 0 Å². The van der Waals surface area contributed by atoms with Crippen LogP contribution in [0.3, 0.4) is 0 Å². The number of hydrogen-bond donors (Lipinski definition) is 0. The van der Waals surface area contributed by atoms with Crippen LogP contribution in [0.4, 0.5) is 0 Å². The Morgan fingerprint density at radius 3 is 1.95 bits per heavy atom. The smallest absolute Gasteiger partial charge is 0.328 e. The van der Waals surface area contributed by atoms with Gasteiger partial charge in [-0.15, -0.1) is 0 Å². The first kappa shape index (κ1) is 26.6. The van der Waals surface area contributed by atoms with Crippen LogP contribution in [0.25, 0.3) is 5.57 Å². The van der Waals surface area contributed by atoms with Gasteiger partial charge in [0.05, 0.1) is 0 Å². The third kappa shape index (κ3) is 5.61. The minimum Gasteiger partial charge on any atom is -0.461 e. The van der Waals surface area contributed by atoms with E-state index in [9.17, 15) is 9.59 Å². The highest BCUT2D eigenvalue weighted by Crippen LogP contribution is 2.44. The van der Waals surface area contributed by atoms with Crippen LogP contribution in [0.15, 0.2) is 97.1 Å². The van der Waals surface area contributed by atoms with Crippen LogP contribution in [0, 0.1) is 11.8 Å². The van der Waals surface area contributed by atoms with Crippen LogP contribution in [0.5, 0.6) is 0 Å². The van der Waals surface area contributed by atoms with Crippen molar-refractivity contribution in [2.45, 2.75) is 63.9 Å². The van der Waals surface area contributed by atoms with Gasteiger partial charge in [0.25, 0.3) is 0 Å². The number of aldehydes is 1. The molecule has 192 valence electrons. The lowest BCUT2D eigenvalue weighted by Gasteiger charge is -2.44. The van der Waals surface area contributed by atoms with Gasteiger partial charge >= 0.3 is 5.97 Å². The van der Waals surface area contributed by atoms with Crippen LogP contribution in [-0.2, 0) is 25.2 Å². The van der Waals surface area contributed by atoms with Crippen LogP contribution >= 0.6 is 0 Å². The molecule has 37 heavy (non-hydrogen) atoms. The van der Waals surface area contributed by atoms with Crippen LogP contribution in [0.1, 0.15) is 63.6 Å². The molecule has 3 heteroatoms. The van der Waals surface area contributed by atoms with Gasteiger partial charge in [-0.1, -0.05) is 124 Å². The van der Waals surface area contributed by atoms with Crippen molar-refractivity contribution < 1.29 is 14.3 Å². The maximum atomic E-state index is 14.1. The molecule has 0 spiro atoms. The monoisotopic (exact) mass is 494 g/mol. The molecule has 4 atom stereocenters. The molecule has 0 radical (unpaired) electrons. The number of hydrogen-bond acceptors (Lipinski definition) is 3. The summed E-state index contributed by atoms with van der Waals surface area (Å²) in [6.45, 7) is 8.64. The van der Waals surface area contributed by atoms with Crippen LogP contribution in [-0.4, -0.2) is 18.4 Å². The summed E-state index contributed by atoms with van der Waals surface area (Å²) < 4.78 is 6.42. The van der Waals surface area contributed by atoms with Gasteiger partial charge in [-0.25, -0.2) is 0 Å². The molecule has 1 aliphatic carbocycles. The summed E-state index contributed by atoms with van der Waals surface area (Å²) >= 11 is 0. The molecule has 0 unspecified atom stereocenters. The van der Waals surface area contributed by atoms with E-state index in [1.54, 1.807) is 6.08 Å². The lowest BCUT2D eigenvalue weighted by molar-refractivity contribution is -0.162. The standard InChI is InChI=1S/C34H38O3/c1-25-20-21-30(33(3,4)28-16-10-6-11-17-28)31(22-25)37-32(36)34(24-35,29-18-12-7-13-19-29)23-26(2)27-14-8-5-9-15-27/h5-19,23-25,30-31H,20-22H2,1-4H3/b26-23-/t25-,30-,31-,34+/m1/s1. The van der Waals surface area contributed by atoms with E-state index in [-0.39, 0.29) is 17.4 Å². The molecule has 0 bridgehead atoms. The third-order valence-corrected chi connectivity index (χ3v) is 8.21. The molecule has 0 aliphatic heterocycles. The van der Waals surface area contributed by atoms with Gasteiger partial charge in [-0.05, 0) is 53.4 Å². The highest BCUT2D eigenvalue weighted by atomic mass is 16.5. The average molecular weight is 495 g/mol. The van der Waals surface area contributed by atoms with Gasteiger partial charge in [0, 0.05) is 5.92 Å². The topological polar surface area (TPSA) is 43.4 Å². The summed E-state index contributed by atoms with van der Waals surface area (Å²) in [4.78, 5) is 27.0. The first-order valence-corrected chi connectivity index (χ1v) is 13.3. The normalized spacial score (nSPS) is 22.1. The quantitative estimate of drug-likeness (QED) is 0.184. The molecule has 0 aromatic heterocycles. The molecule has 4 rings (SSSR count). The minimum atomic E-state index is -1.52. The zero-order chi connectivity index (χ0) is 26.5. The van der Waals surface area contributed by atoms with Gasteiger partial charge in [0.1, 0.15) is 12.4 Å². The highest BCUT2D eigenvalue weighted by molar-refractivity contribution is 6.04. The Labute approximate surface area is 221 Å². The van der Waals surface area contributed by atoms with Gasteiger partial charge in [0.15, 0.2) is 5.41 Å². The van der Waals surface area contributed by atoms with Gasteiger partial charge in [0.2, 0.25) is 0 Å². The largest absolute Gasteiger partial charge is 0.461 e. The molecule has 3 aromatic rings. The number of esters is 1. The fourth-order valence-electron chi connectivity index (χ4n) is 5.85. The summed E-state index contributed by atoms with van der Waals surface area (Å²) in [5.74, 6) is 0.0934. The molecular weight excluding hydrogens is 456 g/mol. The van der Waals surface area contributed by atoms with Crippen molar-refractivity contribution in [1.29, 1.82) is 0 Å². The molecule has 1 saturated carbocycles. The Morgan fingerprint density at radius 1 is 0.838 bits per heavy atom. The summed E-state index contributed by atoms with van der Waals surface area (Å²) in [6, 6.07) is 29.6. The Bertz CT molecular complexity index is 1210. The van der Waals surface area contributed by atoms with Crippen molar-refractivity contribution in [2.75, 3.05) is 0 Å². The fourth-order valence-corrected chi connectivity index (χ4v) is 5.85. The van der Waals surface area contributed by atoms with E-state index >= 15 is 0 Å². The summed E-state index contributed by atoms with van der Waals surface area (Å²) in [5, 5.41) is 0. The minimum absolute atomic E-state index is 0.148. The number of rotatable bonds is 8. The Balaban J connectivity index is 1.73. The number of carbonyl (C=O) groups is 2. The molecule has 3 nitrogen and oxygen atoms in total. The molecular formula is C34H38O3. The second-order valence-corrected chi connectivity index (χ2v) is 11.1. The van der Waals surface area contributed by atoms with Crippen LogP contribution in [0.2, 0.25) is 0 Å². The summed E-state index contributed by atoms with van der Waals surface area (Å²) in [7, 11) is 0. The van der Waals surface area contributed by atoms with Crippen molar-refractivity contribution in [1.82, 2.24) is 0 Å². The zero-order valence-corrected chi connectivity index (χ0v) is 22.4. The molecule has 3 aromatic carbocycles. The molecule has 0 saturated heterocycles. The van der Waals surface area contributed by atoms with E-state index < -0.39 is 11.4 Å². The van der Waals surface area contributed by atoms with E-state index in [2.05, 4.69) is 45.0 Å². The van der Waals surface area contributed by atoms with Gasteiger partial charge in [-0.2, -0.15) is 0 Å². The van der Waals surface area contributed by atoms with Gasteiger partial charge < -0.3 is 9.53 Å². The average Bonchev–Trinajstić information content (AvgIpc) is 2.93. The number of carbonyl (C=O) groups excluding carboxylic acids is 2. The summed E-state index contributed by atoms with van der Waals surface area (Å²) in [6.07, 6.45) is 5.10. The fraction of sp³-hybridized carbons (Fsp3) is 0.353. The van der Waals surface area contributed by atoms with Crippen molar-refractivity contribution in [3.63, 3.8) is 0 Å². The molecule has 0 N–H and O–H groups in total. The van der Waals surface area contributed by atoms with E-state index in [0.717, 1.165) is 36.7 Å². The lowest BCUT2D eigenvalue weighted by Crippen LogP contribution is -2.47. The summed E-state index contributed by atoms with van der Waals surface area (Å²) in [5.41, 5.74) is 1.97. The Hall–Kier alpha value is -3.46. The predicted octanol–water partition coefficient (Wildman–Crippen LogP) is 7.55. The van der Waals surface area contributed by atoms with Crippen molar-refractivity contribution >= 4 is 17.8 Å². The number of allylic oxidation sites excluding steroid dienone is 1. The first-order chi connectivity index (χ1) is 17.8. The maximum Gasteiger partial charge on any atom is 0.328 e. The SMILES string of the molecule is C/C(=C/[C@@](C=O)(C(=O)O[C@@H]1C[C@H](C)CC[C@H]1C(C)(C)c1ccccc1)c1ccccc1)c1ccccc1.